The number of amides is 2. The fraction of sp³-hybridized carbons (Fsp3) is 0.536. The predicted octanol–water partition coefficient (Wildman–Crippen LogP) is 4.77. The molecule has 5 aliphatic rings. The summed E-state index contributed by atoms with van der Waals surface area (Å²) in [6.45, 7) is 2.66. The fourth-order valence-corrected chi connectivity index (χ4v) is 7.34. The highest BCUT2D eigenvalue weighted by Crippen LogP contribution is 2.60. The number of anilines is 2. The van der Waals surface area contributed by atoms with Gasteiger partial charge in [-0.25, -0.2) is 4.98 Å². The summed E-state index contributed by atoms with van der Waals surface area (Å²) in [6, 6.07) is 11.4. The average Bonchev–Trinajstić information content (AvgIpc) is 3.37. The molecule has 0 radical (unpaired) electrons. The molecule has 2 N–H and O–H groups in total. The molecule has 1 aliphatic heterocycles. The third-order valence-corrected chi connectivity index (χ3v) is 8.65. The number of pyridine rings is 1. The van der Waals surface area contributed by atoms with Crippen LogP contribution in [0.25, 0.3) is 0 Å². The minimum absolute atomic E-state index is 0.119. The van der Waals surface area contributed by atoms with Crippen LogP contribution >= 0.6 is 0 Å². The van der Waals surface area contributed by atoms with Crippen molar-refractivity contribution in [2.75, 3.05) is 23.3 Å². The largest absolute Gasteiger partial charge is 0.370 e. The molecule has 1 aromatic carbocycles. The minimum atomic E-state index is -0.175. The van der Waals surface area contributed by atoms with Gasteiger partial charge in [0.15, 0.2) is 0 Å². The van der Waals surface area contributed by atoms with Crippen LogP contribution in [0.2, 0.25) is 0 Å². The van der Waals surface area contributed by atoms with Gasteiger partial charge < -0.3 is 15.5 Å². The van der Waals surface area contributed by atoms with Crippen LogP contribution in [0.1, 0.15) is 67.3 Å². The van der Waals surface area contributed by atoms with Crippen LogP contribution in [0, 0.1) is 23.2 Å². The predicted molar refractivity (Wildman–Crippen MR) is 133 cm³/mol. The van der Waals surface area contributed by atoms with Gasteiger partial charge in [0.25, 0.3) is 5.91 Å². The third-order valence-electron chi connectivity index (χ3n) is 8.65. The second kappa shape index (κ2) is 8.71. The van der Waals surface area contributed by atoms with E-state index in [9.17, 15) is 9.59 Å². The lowest BCUT2D eigenvalue weighted by atomic mass is 9.49. The Morgan fingerprint density at radius 2 is 1.56 bits per heavy atom. The fourth-order valence-electron chi connectivity index (χ4n) is 7.34. The van der Waals surface area contributed by atoms with E-state index in [1.807, 2.05) is 42.6 Å². The number of hydrogen-bond acceptors (Lipinski definition) is 4. The maximum absolute atomic E-state index is 13.2. The van der Waals surface area contributed by atoms with Crippen molar-refractivity contribution >= 4 is 23.3 Å². The van der Waals surface area contributed by atoms with Crippen LogP contribution in [0.3, 0.4) is 0 Å². The van der Waals surface area contributed by atoms with Gasteiger partial charge in [0, 0.05) is 30.6 Å². The van der Waals surface area contributed by atoms with E-state index >= 15 is 0 Å². The van der Waals surface area contributed by atoms with Crippen LogP contribution in [0.4, 0.5) is 11.5 Å². The summed E-state index contributed by atoms with van der Waals surface area (Å²) in [4.78, 5) is 32.6. The first-order valence-electron chi connectivity index (χ1n) is 13.0. The Morgan fingerprint density at radius 3 is 2.15 bits per heavy atom. The zero-order valence-electron chi connectivity index (χ0n) is 19.8. The normalized spacial score (nSPS) is 29.3. The molecule has 5 fully saturated rings. The zero-order valence-corrected chi connectivity index (χ0v) is 19.8. The van der Waals surface area contributed by atoms with Gasteiger partial charge in [-0.1, -0.05) is 12.1 Å². The van der Waals surface area contributed by atoms with Crippen LogP contribution in [-0.2, 0) is 11.3 Å². The van der Waals surface area contributed by atoms with Crippen LogP contribution in [0.5, 0.6) is 0 Å². The van der Waals surface area contributed by atoms with Crippen molar-refractivity contribution in [3.05, 3.63) is 53.7 Å². The van der Waals surface area contributed by atoms with E-state index in [1.54, 1.807) is 0 Å². The van der Waals surface area contributed by atoms with Crippen LogP contribution in [-0.4, -0.2) is 29.9 Å². The Hall–Kier alpha value is -2.89. The molecule has 4 bridgehead atoms. The molecule has 6 nitrogen and oxygen atoms in total. The van der Waals surface area contributed by atoms with Crippen molar-refractivity contribution in [1.82, 2.24) is 10.3 Å². The monoisotopic (exact) mass is 458 g/mol. The maximum atomic E-state index is 13.2. The second-order valence-electron chi connectivity index (χ2n) is 11.1. The lowest BCUT2D eigenvalue weighted by molar-refractivity contribution is -0.146. The molecule has 0 atom stereocenters. The first kappa shape index (κ1) is 21.6. The highest BCUT2D eigenvalue weighted by Gasteiger charge is 2.54. The molecule has 0 spiro atoms. The number of aromatic nitrogens is 1. The van der Waals surface area contributed by atoms with Crippen LogP contribution in [0.15, 0.2) is 42.6 Å². The zero-order chi connectivity index (χ0) is 23.1. The number of carbonyl (C=O) groups excluding carboxylic acids is 2. The van der Waals surface area contributed by atoms with Gasteiger partial charge in [0.1, 0.15) is 5.82 Å². The average molecular weight is 459 g/mol. The third kappa shape index (κ3) is 4.19. The highest BCUT2D eigenvalue weighted by molar-refractivity contribution is 6.03. The van der Waals surface area contributed by atoms with E-state index < -0.39 is 0 Å². The second-order valence-corrected chi connectivity index (χ2v) is 11.1. The Bertz CT molecular complexity index is 1020. The van der Waals surface area contributed by atoms with Gasteiger partial charge in [-0.3, -0.25) is 9.59 Å². The summed E-state index contributed by atoms with van der Waals surface area (Å²) in [5.41, 5.74) is 2.59. The molecule has 1 saturated heterocycles. The van der Waals surface area contributed by atoms with Crippen molar-refractivity contribution in [1.29, 1.82) is 0 Å². The van der Waals surface area contributed by atoms with Crippen molar-refractivity contribution in [3.8, 4) is 0 Å². The topological polar surface area (TPSA) is 74.3 Å². The lowest BCUT2D eigenvalue weighted by Crippen LogP contribution is -2.53. The van der Waals surface area contributed by atoms with Crippen molar-refractivity contribution < 1.29 is 9.59 Å². The summed E-state index contributed by atoms with van der Waals surface area (Å²) in [6.07, 6.45) is 11.5. The number of hydrogen-bond donors (Lipinski definition) is 2. The van der Waals surface area contributed by atoms with E-state index in [0.29, 0.717) is 17.9 Å². The highest BCUT2D eigenvalue weighted by atomic mass is 16.2. The van der Waals surface area contributed by atoms with Gasteiger partial charge in [0.2, 0.25) is 5.91 Å². The van der Waals surface area contributed by atoms with Crippen molar-refractivity contribution in [3.63, 3.8) is 0 Å². The summed E-state index contributed by atoms with van der Waals surface area (Å²) in [5.74, 6) is 2.92. The Labute approximate surface area is 201 Å². The molecule has 4 aliphatic carbocycles. The molecule has 2 aromatic rings. The van der Waals surface area contributed by atoms with E-state index in [4.69, 9.17) is 0 Å². The Kier molecular flexibility index (Phi) is 5.54. The summed E-state index contributed by atoms with van der Waals surface area (Å²) < 4.78 is 0. The van der Waals surface area contributed by atoms with Crippen molar-refractivity contribution in [2.45, 2.75) is 57.9 Å². The smallest absolute Gasteiger partial charge is 0.256 e. The standard InChI is InChI=1S/C28H34N4O2/c33-26(31-25-8-7-24(18-29-25)32-9-1-2-10-32)23-5-3-19(4-6-23)17-30-27(34)28-14-20-11-21(15-28)13-22(12-20)16-28/h3-8,18,20-22H,1-2,9-17H2,(H,30,34)(H,29,31,33). The lowest BCUT2D eigenvalue weighted by Gasteiger charge is -2.55. The van der Waals surface area contributed by atoms with Gasteiger partial charge in [-0.05, 0) is 98.9 Å². The first-order chi connectivity index (χ1) is 16.6. The van der Waals surface area contributed by atoms with Crippen molar-refractivity contribution in [2.24, 2.45) is 23.2 Å². The number of nitrogens with one attached hydrogen (secondary N) is 2. The van der Waals surface area contributed by atoms with E-state index in [-0.39, 0.29) is 17.2 Å². The summed E-state index contributed by atoms with van der Waals surface area (Å²) in [5, 5.41) is 6.10. The molecule has 0 unspecified atom stereocenters. The molecule has 178 valence electrons. The van der Waals surface area contributed by atoms with Gasteiger partial charge in [0.05, 0.1) is 11.9 Å². The van der Waals surface area contributed by atoms with Gasteiger partial charge >= 0.3 is 0 Å². The first-order valence-corrected chi connectivity index (χ1v) is 13.0. The summed E-state index contributed by atoms with van der Waals surface area (Å²) >= 11 is 0. The van der Waals surface area contributed by atoms with Gasteiger partial charge in [-0.2, -0.15) is 0 Å². The molecule has 4 saturated carbocycles. The molecule has 7 rings (SSSR count). The maximum Gasteiger partial charge on any atom is 0.256 e. The van der Waals surface area contributed by atoms with E-state index in [0.717, 1.165) is 61.4 Å². The molecule has 34 heavy (non-hydrogen) atoms. The number of benzene rings is 1. The van der Waals surface area contributed by atoms with E-state index in [2.05, 4.69) is 20.5 Å². The molecule has 2 heterocycles. The molecule has 1 aromatic heterocycles. The number of carbonyl (C=O) groups is 2. The molecular weight excluding hydrogens is 424 g/mol. The molecule has 2 amide bonds. The van der Waals surface area contributed by atoms with Crippen LogP contribution < -0.4 is 15.5 Å². The number of nitrogens with zero attached hydrogens (tertiary/aromatic N) is 2. The number of rotatable bonds is 6. The summed E-state index contributed by atoms with van der Waals surface area (Å²) in [7, 11) is 0. The van der Waals surface area contributed by atoms with Gasteiger partial charge in [-0.15, -0.1) is 0 Å². The Morgan fingerprint density at radius 1 is 0.912 bits per heavy atom. The Balaban J connectivity index is 1.03. The molecule has 6 heteroatoms. The molecular formula is C28H34N4O2. The minimum Gasteiger partial charge on any atom is -0.370 e. The quantitative estimate of drug-likeness (QED) is 0.654. The SMILES string of the molecule is O=C(Nc1ccc(N2CCCC2)cn1)c1ccc(CNC(=O)C23CC4CC(CC(C4)C2)C3)cc1. The van der Waals surface area contributed by atoms with E-state index in [1.165, 1.54) is 32.1 Å².